The Morgan fingerprint density at radius 3 is 2.38 bits per heavy atom. The van der Waals surface area contributed by atoms with E-state index < -0.39 is 5.60 Å². The molecule has 0 aromatic heterocycles. The Labute approximate surface area is 148 Å². The van der Waals surface area contributed by atoms with Gasteiger partial charge in [-0.05, 0) is 37.5 Å². The maximum atomic E-state index is 11.9. The maximum Gasteiger partial charge on any atom is 0.220 e. The number of aliphatic hydroxyl groups is 1. The van der Waals surface area contributed by atoms with E-state index in [0.29, 0.717) is 12.8 Å². The summed E-state index contributed by atoms with van der Waals surface area (Å²) in [5.41, 5.74) is 0.307. The summed E-state index contributed by atoms with van der Waals surface area (Å²) in [6, 6.07) is 20.1. The summed E-state index contributed by atoms with van der Waals surface area (Å²) in [7, 11) is 0. The molecule has 0 aliphatic heterocycles. The van der Waals surface area contributed by atoms with E-state index in [-0.39, 0.29) is 12.5 Å². The molecule has 0 aliphatic rings. The second-order valence-corrected chi connectivity index (χ2v) is 7.34. The Balaban J connectivity index is 1.64. The standard InChI is InChI=1S/C20H25NO2S/c1-20(23,14-12-17-8-4-2-5-9-17)16-21-19(22)13-15-24-18-10-6-3-7-11-18/h2-11,23H,12-16H2,1H3,(H,21,22)/t20-/m0/s1. The van der Waals surface area contributed by atoms with E-state index in [4.69, 9.17) is 0 Å². The summed E-state index contributed by atoms with van der Waals surface area (Å²) in [6.07, 6.45) is 1.87. The van der Waals surface area contributed by atoms with E-state index in [2.05, 4.69) is 17.4 Å². The van der Waals surface area contributed by atoms with Crippen LogP contribution in [0.25, 0.3) is 0 Å². The zero-order valence-corrected chi connectivity index (χ0v) is 14.9. The number of carbonyl (C=O) groups is 1. The Bertz CT molecular complexity index is 614. The number of hydrogen-bond donors (Lipinski definition) is 2. The van der Waals surface area contributed by atoms with Crippen LogP contribution < -0.4 is 5.32 Å². The van der Waals surface area contributed by atoms with Crippen LogP contribution in [0.15, 0.2) is 65.6 Å². The predicted octanol–water partition coefficient (Wildman–Crippen LogP) is 3.67. The SMILES string of the molecule is C[C@](O)(CCc1ccccc1)CNC(=O)CCSc1ccccc1. The summed E-state index contributed by atoms with van der Waals surface area (Å²) in [6.45, 7) is 2.06. The van der Waals surface area contributed by atoms with Crippen LogP contribution in [0.2, 0.25) is 0 Å². The van der Waals surface area contributed by atoms with Gasteiger partial charge in [0.05, 0.1) is 5.60 Å². The maximum absolute atomic E-state index is 11.9. The van der Waals surface area contributed by atoms with Crippen molar-refractivity contribution in [3.63, 3.8) is 0 Å². The van der Waals surface area contributed by atoms with Crippen LogP contribution in [0.3, 0.4) is 0 Å². The first kappa shape index (κ1) is 18.6. The molecule has 2 aromatic rings. The lowest BCUT2D eigenvalue weighted by Gasteiger charge is -2.23. The lowest BCUT2D eigenvalue weighted by Crippen LogP contribution is -2.41. The number of benzene rings is 2. The second-order valence-electron chi connectivity index (χ2n) is 6.17. The molecule has 0 heterocycles. The van der Waals surface area contributed by atoms with Crippen molar-refractivity contribution in [3.8, 4) is 0 Å². The van der Waals surface area contributed by atoms with Crippen molar-refractivity contribution in [1.82, 2.24) is 5.32 Å². The number of hydrogen-bond acceptors (Lipinski definition) is 3. The fraction of sp³-hybridized carbons (Fsp3) is 0.350. The Morgan fingerprint density at radius 1 is 1.08 bits per heavy atom. The number of carbonyl (C=O) groups excluding carboxylic acids is 1. The molecule has 0 fully saturated rings. The highest BCUT2D eigenvalue weighted by molar-refractivity contribution is 7.99. The largest absolute Gasteiger partial charge is 0.388 e. The molecule has 0 saturated carbocycles. The number of aryl methyl sites for hydroxylation is 1. The van der Waals surface area contributed by atoms with Gasteiger partial charge in [-0.3, -0.25) is 4.79 Å². The number of rotatable bonds is 9. The van der Waals surface area contributed by atoms with Crippen molar-refractivity contribution in [2.45, 2.75) is 36.7 Å². The van der Waals surface area contributed by atoms with E-state index in [1.54, 1.807) is 18.7 Å². The van der Waals surface area contributed by atoms with E-state index in [1.165, 1.54) is 10.5 Å². The normalized spacial score (nSPS) is 13.2. The van der Waals surface area contributed by atoms with Gasteiger partial charge >= 0.3 is 0 Å². The van der Waals surface area contributed by atoms with Gasteiger partial charge in [0, 0.05) is 23.6 Å². The third kappa shape index (κ3) is 7.20. The van der Waals surface area contributed by atoms with Crippen molar-refractivity contribution in [2.24, 2.45) is 0 Å². The number of thioether (sulfide) groups is 1. The second kappa shape index (κ2) is 9.50. The van der Waals surface area contributed by atoms with Gasteiger partial charge in [-0.25, -0.2) is 0 Å². The van der Waals surface area contributed by atoms with Crippen LogP contribution in [0.1, 0.15) is 25.3 Å². The van der Waals surface area contributed by atoms with Gasteiger partial charge in [-0.15, -0.1) is 11.8 Å². The lowest BCUT2D eigenvalue weighted by atomic mass is 9.97. The Morgan fingerprint density at radius 2 is 1.71 bits per heavy atom. The highest BCUT2D eigenvalue weighted by Crippen LogP contribution is 2.18. The van der Waals surface area contributed by atoms with Crippen molar-refractivity contribution in [3.05, 3.63) is 66.2 Å². The average Bonchev–Trinajstić information content (AvgIpc) is 2.60. The highest BCUT2D eigenvalue weighted by atomic mass is 32.2. The molecule has 0 spiro atoms. The van der Waals surface area contributed by atoms with Crippen LogP contribution in [0.4, 0.5) is 0 Å². The van der Waals surface area contributed by atoms with Crippen molar-refractivity contribution >= 4 is 17.7 Å². The van der Waals surface area contributed by atoms with Gasteiger partial charge in [0.1, 0.15) is 0 Å². The molecule has 3 nitrogen and oxygen atoms in total. The lowest BCUT2D eigenvalue weighted by molar-refractivity contribution is -0.121. The smallest absolute Gasteiger partial charge is 0.220 e. The first-order valence-corrected chi connectivity index (χ1v) is 9.25. The summed E-state index contributed by atoms with van der Waals surface area (Å²) in [5.74, 6) is 0.723. The fourth-order valence-electron chi connectivity index (χ4n) is 2.30. The average molecular weight is 343 g/mol. The van der Waals surface area contributed by atoms with Gasteiger partial charge in [-0.2, -0.15) is 0 Å². The van der Waals surface area contributed by atoms with Crippen LogP contribution in [-0.4, -0.2) is 28.9 Å². The Hall–Kier alpha value is -1.78. The van der Waals surface area contributed by atoms with Gasteiger partial charge < -0.3 is 10.4 Å². The third-order valence-corrected chi connectivity index (χ3v) is 4.82. The molecule has 24 heavy (non-hydrogen) atoms. The van der Waals surface area contributed by atoms with Gasteiger partial charge in [0.25, 0.3) is 0 Å². The summed E-state index contributed by atoms with van der Waals surface area (Å²) < 4.78 is 0. The molecule has 1 amide bonds. The molecule has 0 bridgehead atoms. The number of nitrogens with one attached hydrogen (secondary N) is 1. The summed E-state index contributed by atoms with van der Waals surface area (Å²) in [5, 5.41) is 13.3. The van der Waals surface area contributed by atoms with Crippen LogP contribution in [0.5, 0.6) is 0 Å². The molecule has 128 valence electrons. The molecule has 0 unspecified atom stereocenters. The quantitative estimate of drug-likeness (QED) is 0.683. The molecule has 2 N–H and O–H groups in total. The third-order valence-electron chi connectivity index (χ3n) is 3.80. The van der Waals surface area contributed by atoms with Crippen LogP contribution >= 0.6 is 11.8 Å². The van der Waals surface area contributed by atoms with Gasteiger partial charge in [0.2, 0.25) is 5.91 Å². The zero-order valence-electron chi connectivity index (χ0n) is 14.1. The zero-order chi connectivity index (χ0) is 17.3. The van der Waals surface area contributed by atoms with E-state index in [0.717, 1.165) is 12.2 Å². The molecule has 1 atom stereocenters. The topological polar surface area (TPSA) is 49.3 Å². The summed E-state index contributed by atoms with van der Waals surface area (Å²) in [4.78, 5) is 13.1. The minimum absolute atomic E-state index is 0.0154. The van der Waals surface area contributed by atoms with Crippen molar-refractivity contribution < 1.29 is 9.90 Å². The van der Waals surface area contributed by atoms with Crippen molar-refractivity contribution in [2.75, 3.05) is 12.3 Å². The van der Waals surface area contributed by atoms with Crippen LogP contribution in [-0.2, 0) is 11.2 Å². The first-order valence-electron chi connectivity index (χ1n) is 8.26. The molecule has 4 heteroatoms. The molecule has 2 aromatic carbocycles. The Kier molecular flexibility index (Phi) is 7.35. The van der Waals surface area contributed by atoms with E-state index >= 15 is 0 Å². The van der Waals surface area contributed by atoms with Crippen LogP contribution in [0, 0.1) is 0 Å². The molecule has 0 radical (unpaired) electrons. The predicted molar refractivity (Wildman–Crippen MR) is 100 cm³/mol. The van der Waals surface area contributed by atoms with E-state index in [1.807, 2.05) is 48.5 Å². The van der Waals surface area contributed by atoms with E-state index in [9.17, 15) is 9.90 Å². The minimum atomic E-state index is -0.891. The molecular weight excluding hydrogens is 318 g/mol. The summed E-state index contributed by atoms with van der Waals surface area (Å²) >= 11 is 1.67. The molecule has 0 aliphatic carbocycles. The highest BCUT2D eigenvalue weighted by Gasteiger charge is 2.20. The molecular formula is C20H25NO2S. The monoisotopic (exact) mass is 343 g/mol. The molecule has 0 saturated heterocycles. The first-order chi connectivity index (χ1) is 11.6. The van der Waals surface area contributed by atoms with Crippen molar-refractivity contribution in [1.29, 1.82) is 0 Å². The fourth-order valence-corrected chi connectivity index (χ4v) is 3.18. The van der Waals surface area contributed by atoms with Gasteiger partial charge in [0.15, 0.2) is 0 Å². The molecule has 2 rings (SSSR count). The number of amides is 1. The van der Waals surface area contributed by atoms with Gasteiger partial charge in [-0.1, -0.05) is 48.5 Å². The minimum Gasteiger partial charge on any atom is -0.388 e.